The summed E-state index contributed by atoms with van der Waals surface area (Å²) in [6, 6.07) is 11.6. The van der Waals surface area contributed by atoms with Crippen LogP contribution in [0.15, 0.2) is 42.6 Å². The quantitative estimate of drug-likeness (QED) is 0.316. The Morgan fingerprint density at radius 3 is 2.72 bits per heavy atom. The molecule has 2 aliphatic rings. The first-order valence-electron chi connectivity index (χ1n) is 13.4. The van der Waals surface area contributed by atoms with Gasteiger partial charge in [-0.25, -0.2) is 9.97 Å². The molecule has 204 valence electrons. The van der Waals surface area contributed by atoms with E-state index < -0.39 is 0 Å². The van der Waals surface area contributed by atoms with E-state index in [1.165, 1.54) is 12.8 Å². The van der Waals surface area contributed by atoms with Crippen LogP contribution in [0.5, 0.6) is 11.5 Å². The molecule has 3 N–H and O–H groups in total. The molecule has 2 aromatic carbocycles. The van der Waals surface area contributed by atoms with E-state index in [1.54, 1.807) is 7.11 Å². The van der Waals surface area contributed by atoms with E-state index in [9.17, 15) is 0 Å². The molecule has 1 aliphatic heterocycles. The number of allylic oxidation sites excluding steroid dienone is 1. The molecule has 0 radical (unpaired) electrons. The second kappa shape index (κ2) is 12.1. The molecule has 0 atom stereocenters. The predicted molar refractivity (Wildman–Crippen MR) is 158 cm³/mol. The van der Waals surface area contributed by atoms with E-state index in [1.807, 2.05) is 56.6 Å². The van der Waals surface area contributed by atoms with Gasteiger partial charge in [0.15, 0.2) is 0 Å². The smallest absolute Gasteiger partial charge is 0.227 e. The molecule has 0 unspecified atom stereocenters. The molecule has 1 aromatic heterocycles. The number of likely N-dealkylation sites (tertiary alicyclic amines) is 1. The van der Waals surface area contributed by atoms with Crippen molar-refractivity contribution in [2.75, 3.05) is 45.7 Å². The van der Waals surface area contributed by atoms with Crippen molar-refractivity contribution in [1.29, 1.82) is 5.41 Å². The van der Waals surface area contributed by atoms with Crippen LogP contribution >= 0.6 is 11.6 Å². The third kappa shape index (κ3) is 6.02. The lowest BCUT2D eigenvalue weighted by atomic mass is 9.87. The Morgan fingerprint density at radius 2 is 1.95 bits per heavy atom. The SMILES string of the molecule is CN/C(=C1\C(=N)CCc2cnc(Nc3ccc(OCCN4CCCC4)cc3OC)nc21)c1cc(C)ccc1Cl. The van der Waals surface area contributed by atoms with Gasteiger partial charge < -0.3 is 25.5 Å². The Bertz CT molecular complexity index is 1400. The number of aromatic nitrogens is 2. The van der Waals surface area contributed by atoms with Crippen molar-refractivity contribution in [1.82, 2.24) is 20.2 Å². The fourth-order valence-electron chi connectivity index (χ4n) is 5.17. The zero-order valence-electron chi connectivity index (χ0n) is 22.7. The Kier molecular flexibility index (Phi) is 8.33. The molecular weight excluding hydrogens is 512 g/mol. The van der Waals surface area contributed by atoms with Gasteiger partial charge in [-0.3, -0.25) is 4.90 Å². The lowest BCUT2D eigenvalue weighted by molar-refractivity contribution is 0.237. The summed E-state index contributed by atoms with van der Waals surface area (Å²) in [7, 11) is 3.48. The van der Waals surface area contributed by atoms with Crippen molar-refractivity contribution in [2.45, 2.75) is 32.6 Å². The van der Waals surface area contributed by atoms with Crippen LogP contribution in [0.4, 0.5) is 11.6 Å². The molecule has 0 spiro atoms. The third-order valence-corrected chi connectivity index (χ3v) is 7.56. The van der Waals surface area contributed by atoms with Gasteiger partial charge in [0.05, 0.1) is 24.2 Å². The van der Waals surface area contributed by atoms with E-state index in [4.69, 9.17) is 31.5 Å². The number of ether oxygens (including phenoxy) is 2. The lowest BCUT2D eigenvalue weighted by Crippen LogP contribution is -2.25. The van der Waals surface area contributed by atoms with Crippen molar-refractivity contribution in [3.63, 3.8) is 0 Å². The van der Waals surface area contributed by atoms with Crippen molar-refractivity contribution >= 4 is 40.2 Å². The van der Waals surface area contributed by atoms with Gasteiger partial charge in [0.1, 0.15) is 18.1 Å². The van der Waals surface area contributed by atoms with Gasteiger partial charge in [-0.1, -0.05) is 23.2 Å². The summed E-state index contributed by atoms with van der Waals surface area (Å²) >= 11 is 6.60. The second-order valence-corrected chi connectivity index (χ2v) is 10.3. The Balaban J connectivity index is 1.42. The van der Waals surface area contributed by atoms with Crippen LogP contribution < -0.4 is 20.1 Å². The lowest BCUT2D eigenvalue weighted by Gasteiger charge is -2.24. The summed E-state index contributed by atoms with van der Waals surface area (Å²) in [5.74, 6) is 1.82. The molecule has 1 saturated heterocycles. The normalized spacial score (nSPS) is 16.6. The van der Waals surface area contributed by atoms with Crippen LogP contribution in [-0.2, 0) is 6.42 Å². The maximum absolute atomic E-state index is 8.81. The highest BCUT2D eigenvalue weighted by atomic mass is 35.5. The second-order valence-electron chi connectivity index (χ2n) is 9.91. The van der Waals surface area contributed by atoms with Gasteiger partial charge in [0.2, 0.25) is 5.95 Å². The molecule has 2 heterocycles. The number of anilines is 2. The zero-order chi connectivity index (χ0) is 27.4. The molecule has 1 aliphatic carbocycles. The van der Waals surface area contributed by atoms with E-state index in [0.717, 1.165) is 64.7 Å². The van der Waals surface area contributed by atoms with E-state index >= 15 is 0 Å². The summed E-state index contributed by atoms with van der Waals surface area (Å²) in [6.45, 7) is 5.91. The van der Waals surface area contributed by atoms with Gasteiger partial charge in [0.25, 0.3) is 0 Å². The van der Waals surface area contributed by atoms with E-state index in [0.29, 0.717) is 41.9 Å². The van der Waals surface area contributed by atoms with Gasteiger partial charge in [0, 0.05) is 47.7 Å². The topological polar surface area (TPSA) is 95.4 Å². The Labute approximate surface area is 234 Å². The first-order valence-corrected chi connectivity index (χ1v) is 13.8. The van der Waals surface area contributed by atoms with Crippen LogP contribution in [0.3, 0.4) is 0 Å². The molecule has 5 rings (SSSR count). The molecule has 39 heavy (non-hydrogen) atoms. The maximum Gasteiger partial charge on any atom is 0.227 e. The number of nitrogens with one attached hydrogen (secondary N) is 3. The summed E-state index contributed by atoms with van der Waals surface area (Å²) in [5.41, 5.74) is 6.44. The molecule has 0 saturated carbocycles. The number of aryl methyl sites for hydroxylation is 2. The van der Waals surface area contributed by atoms with Crippen molar-refractivity contribution in [3.05, 3.63) is 70.0 Å². The number of rotatable bonds is 9. The van der Waals surface area contributed by atoms with Crippen molar-refractivity contribution < 1.29 is 9.47 Å². The number of hydrogen-bond donors (Lipinski definition) is 3. The number of benzene rings is 2. The highest BCUT2D eigenvalue weighted by Gasteiger charge is 2.26. The molecule has 0 bridgehead atoms. The third-order valence-electron chi connectivity index (χ3n) is 7.23. The average molecular weight is 547 g/mol. The first kappa shape index (κ1) is 27.0. The van der Waals surface area contributed by atoms with Crippen molar-refractivity contribution in [3.8, 4) is 11.5 Å². The standard InChI is InChI=1S/C30H35ClN6O2/c1-19-6-9-23(31)22(16-19)29(33-2)27-24(32)10-7-20-18-34-30(36-28(20)27)35-25-11-8-21(17-26(25)38-3)39-15-14-37-12-4-5-13-37/h6,8-9,11,16-18,32-33H,4-5,7,10,12-15H2,1-3H3,(H,34,35,36)/b29-27+,32-24?. The summed E-state index contributed by atoms with van der Waals surface area (Å²) < 4.78 is 11.6. The van der Waals surface area contributed by atoms with Crippen LogP contribution in [0, 0.1) is 12.3 Å². The number of fused-ring (bicyclic) bond motifs is 1. The maximum atomic E-state index is 8.81. The molecule has 9 heteroatoms. The van der Waals surface area contributed by atoms with Gasteiger partial charge in [-0.15, -0.1) is 0 Å². The minimum Gasteiger partial charge on any atom is -0.494 e. The fraction of sp³-hybridized carbons (Fsp3) is 0.367. The number of hydrogen-bond acceptors (Lipinski definition) is 8. The molecule has 8 nitrogen and oxygen atoms in total. The summed E-state index contributed by atoms with van der Waals surface area (Å²) in [4.78, 5) is 11.9. The minimum absolute atomic E-state index is 0.424. The molecule has 1 fully saturated rings. The van der Waals surface area contributed by atoms with Gasteiger partial charge >= 0.3 is 0 Å². The van der Waals surface area contributed by atoms with Gasteiger partial charge in [-0.05, 0) is 75.5 Å². The minimum atomic E-state index is 0.424. The zero-order valence-corrected chi connectivity index (χ0v) is 23.5. The van der Waals surface area contributed by atoms with Crippen LogP contribution in [-0.4, -0.2) is 61.0 Å². The van der Waals surface area contributed by atoms with E-state index in [2.05, 4.69) is 20.5 Å². The molecule has 3 aromatic rings. The largest absolute Gasteiger partial charge is 0.494 e. The van der Waals surface area contributed by atoms with E-state index in [-0.39, 0.29) is 0 Å². The van der Waals surface area contributed by atoms with Gasteiger partial charge in [-0.2, -0.15) is 0 Å². The molecule has 0 amide bonds. The number of halogens is 1. The first-order chi connectivity index (χ1) is 19.0. The Hall–Kier alpha value is -3.62. The monoisotopic (exact) mass is 546 g/mol. The van der Waals surface area contributed by atoms with Crippen LogP contribution in [0.2, 0.25) is 5.02 Å². The predicted octanol–water partition coefficient (Wildman–Crippen LogP) is 5.72. The highest BCUT2D eigenvalue weighted by Crippen LogP contribution is 2.36. The Morgan fingerprint density at radius 1 is 1.13 bits per heavy atom. The summed E-state index contributed by atoms with van der Waals surface area (Å²) in [5, 5.41) is 16.0. The number of methoxy groups -OCH3 is 1. The number of nitrogens with zero attached hydrogens (tertiary/aromatic N) is 3. The van der Waals surface area contributed by atoms with Crippen molar-refractivity contribution in [2.24, 2.45) is 0 Å². The summed E-state index contributed by atoms with van der Waals surface area (Å²) in [6.07, 6.45) is 5.70. The average Bonchev–Trinajstić information content (AvgIpc) is 3.46. The highest BCUT2D eigenvalue weighted by molar-refractivity contribution is 6.35. The van der Waals surface area contributed by atoms with Crippen LogP contribution in [0.1, 0.15) is 41.6 Å². The van der Waals surface area contributed by atoms with Crippen LogP contribution in [0.25, 0.3) is 11.3 Å². The molecular formula is C30H35ClN6O2. The fourth-order valence-corrected chi connectivity index (χ4v) is 5.38.